The van der Waals surface area contributed by atoms with Crippen LogP contribution in [0.3, 0.4) is 0 Å². The maximum atomic E-state index is 12.5. The van der Waals surface area contributed by atoms with Crippen molar-refractivity contribution in [2.45, 2.75) is 19.4 Å². The highest BCUT2D eigenvalue weighted by Crippen LogP contribution is 2.37. The lowest BCUT2D eigenvalue weighted by Crippen LogP contribution is -2.52. The lowest BCUT2D eigenvalue weighted by Gasteiger charge is -2.34. The van der Waals surface area contributed by atoms with Crippen molar-refractivity contribution in [1.82, 2.24) is 10.2 Å². The molecule has 0 aliphatic carbocycles. The van der Waals surface area contributed by atoms with E-state index in [4.69, 9.17) is 9.47 Å². The maximum Gasteiger partial charge on any atom is 0.277 e. The average Bonchev–Trinajstić information content (AvgIpc) is 2.54. The number of rotatable bonds is 3. The molecule has 0 spiro atoms. The molecule has 0 unspecified atom stereocenters. The van der Waals surface area contributed by atoms with Crippen molar-refractivity contribution in [2.24, 2.45) is 0 Å². The van der Waals surface area contributed by atoms with E-state index in [0.29, 0.717) is 36.8 Å². The van der Waals surface area contributed by atoms with Crippen molar-refractivity contribution in [3.63, 3.8) is 0 Å². The van der Waals surface area contributed by atoms with E-state index in [-0.39, 0.29) is 24.1 Å². The SMILES string of the molecule is C[C@@H]1CNCCN1C(=O)Cc1cc2c(cc1[N+](=O)[O-])OCCO2. The summed E-state index contributed by atoms with van der Waals surface area (Å²) >= 11 is 0. The van der Waals surface area contributed by atoms with Crippen LogP contribution in [0.2, 0.25) is 0 Å². The fraction of sp³-hybridized carbons (Fsp3) is 0.533. The van der Waals surface area contributed by atoms with Crippen molar-refractivity contribution >= 4 is 11.6 Å². The summed E-state index contributed by atoms with van der Waals surface area (Å²) in [5.41, 5.74) is 0.250. The van der Waals surface area contributed by atoms with Gasteiger partial charge < -0.3 is 19.7 Å². The molecule has 2 aliphatic heterocycles. The molecule has 0 bridgehead atoms. The van der Waals surface area contributed by atoms with Gasteiger partial charge in [0.05, 0.1) is 17.4 Å². The van der Waals surface area contributed by atoms with Crippen LogP contribution in [0.25, 0.3) is 0 Å². The number of hydrogen-bond donors (Lipinski definition) is 1. The largest absolute Gasteiger partial charge is 0.486 e. The van der Waals surface area contributed by atoms with E-state index in [0.717, 1.165) is 13.1 Å². The molecule has 1 N–H and O–H groups in total. The van der Waals surface area contributed by atoms with E-state index in [2.05, 4.69) is 5.32 Å². The van der Waals surface area contributed by atoms with Gasteiger partial charge in [-0.15, -0.1) is 0 Å². The predicted molar refractivity (Wildman–Crippen MR) is 81.8 cm³/mol. The molecule has 2 heterocycles. The van der Waals surface area contributed by atoms with Crippen LogP contribution in [0, 0.1) is 10.1 Å². The fourth-order valence-corrected chi connectivity index (χ4v) is 2.91. The number of piperazine rings is 1. The summed E-state index contributed by atoms with van der Waals surface area (Å²) in [6.45, 7) is 4.79. The standard InChI is InChI=1S/C15H19N3O5/c1-10-9-16-2-3-17(10)15(19)7-11-6-13-14(23-5-4-22-13)8-12(11)18(20)21/h6,8,10,16H,2-5,7,9H2,1H3/t10-/m1/s1. The Kier molecular flexibility index (Phi) is 4.33. The Morgan fingerprint density at radius 1 is 1.39 bits per heavy atom. The van der Waals surface area contributed by atoms with Crippen molar-refractivity contribution in [3.05, 3.63) is 27.8 Å². The molecule has 3 rings (SSSR count). The molecule has 1 amide bonds. The van der Waals surface area contributed by atoms with Crippen molar-refractivity contribution in [2.75, 3.05) is 32.8 Å². The second kappa shape index (κ2) is 6.41. The minimum Gasteiger partial charge on any atom is -0.486 e. The molecule has 1 aromatic carbocycles. The zero-order valence-corrected chi connectivity index (χ0v) is 12.9. The van der Waals surface area contributed by atoms with Gasteiger partial charge in [-0.2, -0.15) is 0 Å². The minimum absolute atomic E-state index is 0.0166. The predicted octanol–water partition coefficient (Wildman–Crippen LogP) is 0.729. The van der Waals surface area contributed by atoms with Crippen LogP contribution in [0.5, 0.6) is 11.5 Å². The highest BCUT2D eigenvalue weighted by atomic mass is 16.6. The molecule has 0 saturated carbocycles. The smallest absolute Gasteiger partial charge is 0.277 e. The number of ether oxygens (including phenoxy) is 2. The molecule has 8 heteroatoms. The molecule has 1 aromatic rings. The number of nitro benzene ring substituents is 1. The van der Waals surface area contributed by atoms with E-state index >= 15 is 0 Å². The Bertz CT molecular complexity index is 634. The highest BCUT2D eigenvalue weighted by Gasteiger charge is 2.27. The molecule has 1 atom stereocenters. The first-order valence-electron chi connectivity index (χ1n) is 7.63. The van der Waals surface area contributed by atoms with E-state index in [1.54, 1.807) is 11.0 Å². The Morgan fingerprint density at radius 2 is 2.09 bits per heavy atom. The number of nitro groups is 1. The first-order valence-corrected chi connectivity index (χ1v) is 7.63. The van der Waals surface area contributed by atoms with Gasteiger partial charge in [-0.1, -0.05) is 0 Å². The maximum absolute atomic E-state index is 12.5. The van der Waals surface area contributed by atoms with E-state index in [9.17, 15) is 14.9 Å². The van der Waals surface area contributed by atoms with Gasteiger partial charge >= 0.3 is 0 Å². The Labute approximate surface area is 133 Å². The van der Waals surface area contributed by atoms with Crippen molar-refractivity contribution in [3.8, 4) is 11.5 Å². The highest BCUT2D eigenvalue weighted by molar-refractivity contribution is 5.81. The quantitative estimate of drug-likeness (QED) is 0.651. The number of carbonyl (C=O) groups excluding carboxylic acids is 1. The second-order valence-corrected chi connectivity index (χ2v) is 5.70. The molecule has 0 aromatic heterocycles. The normalized spacial score (nSPS) is 20.2. The van der Waals surface area contributed by atoms with Gasteiger partial charge in [-0.05, 0) is 13.0 Å². The third kappa shape index (κ3) is 3.21. The zero-order chi connectivity index (χ0) is 16.4. The van der Waals surface area contributed by atoms with Gasteiger partial charge in [0, 0.05) is 31.2 Å². The molecule has 2 aliphatic rings. The minimum atomic E-state index is -0.484. The lowest BCUT2D eigenvalue weighted by molar-refractivity contribution is -0.385. The molecule has 1 saturated heterocycles. The third-order valence-corrected chi connectivity index (χ3v) is 4.10. The summed E-state index contributed by atoms with van der Waals surface area (Å²) in [4.78, 5) is 25.1. The summed E-state index contributed by atoms with van der Waals surface area (Å²) in [6.07, 6.45) is -0.0166. The lowest BCUT2D eigenvalue weighted by atomic mass is 10.1. The third-order valence-electron chi connectivity index (χ3n) is 4.10. The van der Waals surface area contributed by atoms with E-state index < -0.39 is 4.92 Å². The van der Waals surface area contributed by atoms with Gasteiger partial charge in [0.25, 0.3) is 5.69 Å². The van der Waals surface area contributed by atoms with Crippen LogP contribution in [-0.2, 0) is 11.2 Å². The van der Waals surface area contributed by atoms with Gasteiger partial charge in [-0.3, -0.25) is 14.9 Å². The van der Waals surface area contributed by atoms with Crippen LogP contribution >= 0.6 is 0 Å². The van der Waals surface area contributed by atoms with Crippen molar-refractivity contribution in [1.29, 1.82) is 0 Å². The number of benzene rings is 1. The van der Waals surface area contributed by atoms with Gasteiger partial charge in [0.2, 0.25) is 5.91 Å². The Balaban J connectivity index is 1.86. The first-order chi connectivity index (χ1) is 11.1. The van der Waals surface area contributed by atoms with Crippen LogP contribution in [0.4, 0.5) is 5.69 Å². The van der Waals surface area contributed by atoms with E-state index in [1.807, 2.05) is 6.92 Å². The number of nitrogens with zero attached hydrogens (tertiary/aromatic N) is 2. The topological polar surface area (TPSA) is 93.9 Å². The van der Waals surface area contributed by atoms with Crippen LogP contribution in [0.15, 0.2) is 12.1 Å². The average molecular weight is 321 g/mol. The van der Waals surface area contributed by atoms with Crippen LogP contribution in [0.1, 0.15) is 12.5 Å². The molecule has 124 valence electrons. The summed E-state index contributed by atoms with van der Waals surface area (Å²) in [7, 11) is 0. The number of fused-ring (bicyclic) bond motifs is 1. The molecule has 1 fully saturated rings. The monoisotopic (exact) mass is 321 g/mol. The summed E-state index contributed by atoms with van der Waals surface area (Å²) in [5.74, 6) is 0.700. The Hall–Kier alpha value is -2.35. The number of nitrogens with one attached hydrogen (secondary N) is 1. The summed E-state index contributed by atoms with van der Waals surface area (Å²) in [6, 6.07) is 2.97. The first kappa shape index (κ1) is 15.5. The summed E-state index contributed by atoms with van der Waals surface area (Å²) < 4.78 is 10.8. The van der Waals surface area contributed by atoms with Gasteiger partial charge in [0.1, 0.15) is 13.2 Å². The second-order valence-electron chi connectivity index (χ2n) is 5.70. The fourth-order valence-electron chi connectivity index (χ4n) is 2.91. The van der Waals surface area contributed by atoms with Gasteiger partial charge in [0.15, 0.2) is 11.5 Å². The van der Waals surface area contributed by atoms with Crippen LogP contribution in [-0.4, -0.2) is 54.6 Å². The molecule has 0 radical (unpaired) electrons. The zero-order valence-electron chi connectivity index (χ0n) is 12.9. The number of carbonyl (C=O) groups is 1. The molecular weight excluding hydrogens is 302 g/mol. The van der Waals surface area contributed by atoms with Gasteiger partial charge in [-0.25, -0.2) is 0 Å². The molecule has 23 heavy (non-hydrogen) atoms. The summed E-state index contributed by atoms with van der Waals surface area (Å²) in [5, 5.41) is 14.5. The number of hydrogen-bond acceptors (Lipinski definition) is 6. The number of amides is 1. The van der Waals surface area contributed by atoms with Crippen LogP contribution < -0.4 is 14.8 Å². The van der Waals surface area contributed by atoms with E-state index in [1.165, 1.54) is 6.07 Å². The Morgan fingerprint density at radius 3 is 2.74 bits per heavy atom. The molecule has 8 nitrogen and oxygen atoms in total. The molecular formula is C15H19N3O5. The van der Waals surface area contributed by atoms with Crippen molar-refractivity contribution < 1.29 is 19.2 Å².